The summed E-state index contributed by atoms with van der Waals surface area (Å²) in [6.45, 7) is 7.93. The molecule has 0 radical (unpaired) electrons. The summed E-state index contributed by atoms with van der Waals surface area (Å²) in [4.78, 5) is 0. The summed E-state index contributed by atoms with van der Waals surface area (Å²) in [5.41, 5.74) is 0.727. The molecule has 1 heterocycles. The third-order valence-electron chi connectivity index (χ3n) is 2.04. The van der Waals surface area contributed by atoms with E-state index >= 15 is 0 Å². The van der Waals surface area contributed by atoms with Gasteiger partial charge in [-0.2, -0.15) is 0 Å². The molecule has 0 aliphatic carbocycles. The second-order valence-corrected chi connectivity index (χ2v) is 3.77. The van der Waals surface area contributed by atoms with Crippen molar-refractivity contribution in [1.29, 1.82) is 0 Å². The minimum atomic E-state index is -0.252. The Hall–Kier alpha value is -1.05. The molecule has 2 heteroatoms. The lowest BCUT2D eigenvalue weighted by Gasteiger charge is -2.16. The van der Waals surface area contributed by atoms with E-state index in [1.165, 1.54) is 6.07 Å². The van der Waals surface area contributed by atoms with Crippen molar-refractivity contribution >= 4 is 0 Å². The van der Waals surface area contributed by atoms with Gasteiger partial charge < -0.3 is 4.74 Å². The van der Waals surface area contributed by atoms with E-state index in [4.69, 9.17) is 4.74 Å². The average Bonchev–Trinajstić information content (AvgIpc) is 2.45. The Morgan fingerprint density at radius 2 is 1.93 bits per heavy atom. The van der Waals surface area contributed by atoms with Crippen molar-refractivity contribution in [1.82, 2.24) is 0 Å². The van der Waals surface area contributed by atoms with E-state index in [1.54, 1.807) is 6.07 Å². The molecular formula is C12H17FO. The first-order valence-corrected chi connectivity index (χ1v) is 5.05. The van der Waals surface area contributed by atoms with Crippen LogP contribution in [0.1, 0.15) is 33.3 Å². The number of ether oxygens (including phenoxy) is 1. The highest BCUT2D eigenvalue weighted by atomic mass is 19.1. The van der Waals surface area contributed by atoms with Crippen LogP contribution in [0.2, 0.25) is 0 Å². The summed E-state index contributed by atoms with van der Waals surface area (Å²) in [6.07, 6.45) is 0.792. The van der Waals surface area contributed by atoms with Crippen LogP contribution >= 0.6 is 0 Å². The first-order valence-electron chi connectivity index (χ1n) is 5.05. The number of hydrogen-bond donors (Lipinski definition) is 0. The highest BCUT2D eigenvalue weighted by molar-refractivity contribution is 5.39. The van der Waals surface area contributed by atoms with E-state index in [9.17, 15) is 4.39 Å². The second-order valence-electron chi connectivity index (χ2n) is 3.77. The zero-order valence-electron chi connectivity index (χ0n) is 9.23. The summed E-state index contributed by atoms with van der Waals surface area (Å²) in [6, 6.07) is 5.06. The maximum Gasteiger partial charge on any atom is 0.165 e. The number of benzene rings is 1. The van der Waals surface area contributed by atoms with Crippen LogP contribution in [0.25, 0.3) is 0 Å². The quantitative estimate of drug-likeness (QED) is 0.616. The fourth-order valence-corrected chi connectivity index (χ4v) is 1.58. The van der Waals surface area contributed by atoms with Crippen LogP contribution in [0.3, 0.4) is 0 Å². The van der Waals surface area contributed by atoms with Crippen LogP contribution in [0.4, 0.5) is 4.39 Å². The summed E-state index contributed by atoms with van der Waals surface area (Å²) in [7, 11) is 0. The second kappa shape index (κ2) is 3.99. The Morgan fingerprint density at radius 1 is 1.29 bits per heavy atom. The fourth-order valence-electron chi connectivity index (χ4n) is 1.58. The van der Waals surface area contributed by atoms with Gasteiger partial charge in [-0.25, -0.2) is 4.39 Å². The van der Waals surface area contributed by atoms with Gasteiger partial charge in [-0.3, -0.25) is 0 Å². The molecule has 1 aliphatic heterocycles. The molecule has 0 saturated heterocycles. The zero-order chi connectivity index (χ0) is 10.8. The van der Waals surface area contributed by atoms with Crippen LogP contribution in [0.5, 0.6) is 5.75 Å². The van der Waals surface area contributed by atoms with Crippen molar-refractivity contribution in [2.75, 3.05) is 0 Å². The minimum absolute atomic E-state index is 0.246. The van der Waals surface area contributed by atoms with Crippen molar-refractivity contribution in [3.63, 3.8) is 0 Å². The molecule has 0 N–H and O–H groups in total. The van der Waals surface area contributed by atoms with Gasteiger partial charge in [0.1, 0.15) is 5.60 Å². The van der Waals surface area contributed by atoms with Crippen LogP contribution in [0, 0.1) is 5.82 Å². The van der Waals surface area contributed by atoms with Crippen LogP contribution < -0.4 is 4.74 Å². The van der Waals surface area contributed by atoms with Gasteiger partial charge in [0.15, 0.2) is 11.6 Å². The normalized spacial score (nSPS) is 16.4. The highest BCUT2D eigenvalue weighted by Gasteiger charge is 2.31. The van der Waals surface area contributed by atoms with Gasteiger partial charge in [0, 0.05) is 12.0 Å². The van der Waals surface area contributed by atoms with Gasteiger partial charge in [-0.15, -0.1) is 0 Å². The molecule has 0 spiro atoms. The highest BCUT2D eigenvalue weighted by Crippen LogP contribution is 2.36. The number of rotatable bonds is 0. The molecule has 0 amide bonds. The smallest absolute Gasteiger partial charge is 0.165 e. The molecule has 0 unspecified atom stereocenters. The van der Waals surface area contributed by atoms with E-state index in [-0.39, 0.29) is 11.4 Å². The molecule has 0 fully saturated rings. The van der Waals surface area contributed by atoms with Gasteiger partial charge in [0.2, 0.25) is 0 Å². The number of hydrogen-bond acceptors (Lipinski definition) is 1. The van der Waals surface area contributed by atoms with Crippen molar-refractivity contribution in [2.24, 2.45) is 0 Å². The summed E-state index contributed by atoms with van der Waals surface area (Å²) < 4.78 is 18.6. The Morgan fingerprint density at radius 3 is 2.50 bits per heavy atom. The van der Waals surface area contributed by atoms with Crippen LogP contribution in [-0.4, -0.2) is 5.60 Å². The van der Waals surface area contributed by atoms with Gasteiger partial charge in [0.05, 0.1) is 0 Å². The molecular weight excluding hydrogens is 179 g/mol. The maximum atomic E-state index is 13.1. The summed E-state index contributed by atoms with van der Waals surface area (Å²) >= 11 is 0. The molecule has 78 valence electrons. The predicted molar refractivity (Wildman–Crippen MR) is 56.2 cm³/mol. The first kappa shape index (κ1) is 11.0. The molecule has 1 nitrogen and oxygen atoms in total. The molecule has 0 bridgehead atoms. The number of fused-ring (bicyclic) bond motifs is 1. The zero-order valence-corrected chi connectivity index (χ0v) is 9.23. The molecule has 1 aromatic rings. The first-order chi connectivity index (χ1) is 6.58. The Kier molecular flexibility index (Phi) is 3.14. The van der Waals surface area contributed by atoms with Gasteiger partial charge in [-0.05, 0) is 19.9 Å². The van der Waals surface area contributed by atoms with E-state index in [2.05, 4.69) is 0 Å². The van der Waals surface area contributed by atoms with E-state index in [1.807, 2.05) is 33.8 Å². The fraction of sp³-hybridized carbons (Fsp3) is 0.500. The largest absolute Gasteiger partial charge is 0.484 e. The van der Waals surface area contributed by atoms with Crippen LogP contribution in [-0.2, 0) is 6.42 Å². The van der Waals surface area contributed by atoms with Gasteiger partial charge in [0.25, 0.3) is 0 Å². The maximum absolute atomic E-state index is 13.1. The Bertz CT molecular complexity index is 318. The summed E-state index contributed by atoms with van der Waals surface area (Å²) in [5.74, 6) is 0.181. The number of para-hydroxylation sites is 1. The van der Waals surface area contributed by atoms with Gasteiger partial charge >= 0.3 is 0 Å². The topological polar surface area (TPSA) is 9.23 Å². The lowest BCUT2D eigenvalue weighted by molar-refractivity contribution is 0.133. The molecule has 1 aliphatic rings. The predicted octanol–water partition coefficient (Wildman–Crippen LogP) is 3.57. The Balaban J connectivity index is 0.000000461. The lowest BCUT2D eigenvalue weighted by atomic mass is 10.0. The van der Waals surface area contributed by atoms with Crippen molar-refractivity contribution in [3.8, 4) is 5.75 Å². The average molecular weight is 196 g/mol. The third kappa shape index (κ3) is 2.06. The van der Waals surface area contributed by atoms with Crippen molar-refractivity contribution < 1.29 is 9.13 Å². The van der Waals surface area contributed by atoms with E-state index in [0.717, 1.165) is 12.0 Å². The van der Waals surface area contributed by atoms with Crippen molar-refractivity contribution in [2.45, 2.75) is 39.7 Å². The lowest BCUT2D eigenvalue weighted by Crippen LogP contribution is -2.24. The van der Waals surface area contributed by atoms with E-state index in [0.29, 0.717) is 5.75 Å². The van der Waals surface area contributed by atoms with E-state index < -0.39 is 0 Å². The molecule has 2 rings (SSSR count). The standard InChI is InChI=1S/C10H11FO.C2H6/c1-10(2)6-7-4-3-5-8(11)9(7)12-10;1-2/h3-5H,6H2,1-2H3;1-2H3. The molecule has 0 atom stereocenters. The molecule has 1 aromatic carbocycles. The number of halogens is 1. The summed E-state index contributed by atoms with van der Waals surface area (Å²) in [5, 5.41) is 0. The van der Waals surface area contributed by atoms with Crippen molar-refractivity contribution in [3.05, 3.63) is 29.6 Å². The van der Waals surface area contributed by atoms with Gasteiger partial charge in [-0.1, -0.05) is 26.0 Å². The third-order valence-corrected chi connectivity index (χ3v) is 2.04. The molecule has 0 saturated carbocycles. The van der Waals surface area contributed by atoms with Crippen LogP contribution in [0.15, 0.2) is 18.2 Å². The Labute approximate surface area is 84.9 Å². The minimum Gasteiger partial charge on any atom is -0.484 e. The molecule has 14 heavy (non-hydrogen) atoms. The monoisotopic (exact) mass is 196 g/mol. The molecule has 0 aromatic heterocycles. The SMILES string of the molecule is CC.CC1(C)Cc2cccc(F)c2O1.